The Hall–Kier alpha value is -2.82. The number of hydrogen-bond donors (Lipinski definition) is 0. The Morgan fingerprint density at radius 3 is 2.41 bits per heavy atom. The van der Waals surface area contributed by atoms with Gasteiger partial charge in [-0.25, -0.2) is 0 Å². The lowest BCUT2D eigenvalue weighted by Gasteiger charge is -2.22. The molecule has 142 valence electrons. The van der Waals surface area contributed by atoms with Gasteiger partial charge in [-0.1, -0.05) is 26.8 Å². The number of hydrogen-bond acceptors (Lipinski definition) is 4. The minimum atomic E-state index is -0.121. The minimum Gasteiger partial charge on any atom is -0.496 e. The smallest absolute Gasteiger partial charge is 0.276 e. The molecule has 1 aromatic carbocycles. The van der Waals surface area contributed by atoms with E-state index in [0.717, 1.165) is 40.0 Å². The molecule has 0 unspecified atom stereocenters. The SMILES string of the molecule is COc1cc(-c2cn(C)c(=O)c3ncccc23)c(OC)cc1CC(C)(C)C. The predicted octanol–water partition coefficient (Wildman–Crippen LogP) is 4.21. The first-order valence-corrected chi connectivity index (χ1v) is 8.95. The van der Waals surface area contributed by atoms with Crippen LogP contribution in [0.2, 0.25) is 0 Å². The first kappa shape index (κ1) is 19.0. The van der Waals surface area contributed by atoms with Gasteiger partial charge in [0.15, 0.2) is 0 Å². The third-order valence-electron chi connectivity index (χ3n) is 4.56. The molecular weight excluding hydrogens is 340 g/mol. The van der Waals surface area contributed by atoms with Crippen LogP contribution in [0, 0.1) is 5.41 Å². The van der Waals surface area contributed by atoms with Crippen LogP contribution in [0.25, 0.3) is 22.0 Å². The lowest BCUT2D eigenvalue weighted by molar-refractivity contribution is 0.374. The number of aromatic nitrogens is 2. The zero-order valence-electron chi connectivity index (χ0n) is 16.8. The van der Waals surface area contributed by atoms with Crippen LogP contribution in [0.1, 0.15) is 26.3 Å². The zero-order valence-corrected chi connectivity index (χ0v) is 16.8. The van der Waals surface area contributed by atoms with E-state index in [-0.39, 0.29) is 11.0 Å². The van der Waals surface area contributed by atoms with Crippen LogP contribution in [0.15, 0.2) is 41.5 Å². The number of ether oxygens (including phenoxy) is 2. The van der Waals surface area contributed by atoms with Gasteiger partial charge in [0.25, 0.3) is 5.56 Å². The molecule has 5 heteroatoms. The average molecular weight is 366 g/mol. The highest BCUT2D eigenvalue weighted by atomic mass is 16.5. The molecule has 0 radical (unpaired) electrons. The van der Waals surface area contributed by atoms with Crippen LogP contribution in [0.4, 0.5) is 0 Å². The molecule has 2 heterocycles. The molecular formula is C22H26N2O3. The topological polar surface area (TPSA) is 53.4 Å². The van der Waals surface area contributed by atoms with E-state index in [1.165, 1.54) is 0 Å². The number of methoxy groups -OCH3 is 2. The second kappa shape index (κ2) is 7.06. The highest BCUT2D eigenvalue weighted by Gasteiger charge is 2.20. The summed E-state index contributed by atoms with van der Waals surface area (Å²) in [6, 6.07) is 7.77. The van der Waals surface area contributed by atoms with Gasteiger partial charge in [0.05, 0.1) is 14.2 Å². The van der Waals surface area contributed by atoms with E-state index < -0.39 is 0 Å². The molecule has 0 aliphatic carbocycles. The van der Waals surface area contributed by atoms with Gasteiger partial charge in [0, 0.05) is 36.0 Å². The van der Waals surface area contributed by atoms with Crippen LogP contribution < -0.4 is 15.0 Å². The van der Waals surface area contributed by atoms with Crippen molar-refractivity contribution in [2.75, 3.05) is 14.2 Å². The number of benzene rings is 1. The number of rotatable bonds is 4. The summed E-state index contributed by atoms with van der Waals surface area (Å²) in [7, 11) is 5.07. The van der Waals surface area contributed by atoms with E-state index in [4.69, 9.17) is 9.47 Å². The number of fused-ring (bicyclic) bond motifs is 1. The van der Waals surface area contributed by atoms with Crippen molar-refractivity contribution < 1.29 is 9.47 Å². The minimum absolute atomic E-state index is 0.118. The summed E-state index contributed by atoms with van der Waals surface area (Å²) in [5.41, 5.74) is 3.30. The molecule has 27 heavy (non-hydrogen) atoms. The number of aryl methyl sites for hydroxylation is 1. The average Bonchev–Trinajstić information content (AvgIpc) is 2.63. The molecule has 0 atom stereocenters. The van der Waals surface area contributed by atoms with Crippen LogP contribution >= 0.6 is 0 Å². The van der Waals surface area contributed by atoms with Gasteiger partial charge < -0.3 is 14.0 Å². The normalized spacial score (nSPS) is 11.6. The summed E-state index contributed by atoms with van der Waals surface area (Å²) in [5.74, 6) is 1.56. The van der Waals surface area contributed by atoms with Crippen LogP contribution in [-0.4, -0.2) is 23.8 Å². The third kappa shape index (κ3) is 3.68. The zero-order chi connectivity index (χ0) is 19.8. The standard InChI is InChI=1S/C22H26N2O3/c1-22(2,3)12-14-10-19(27-6)16(11-18(14)26-5)17-13-24(4)21(25)20-15(17)8-7-9-23-20/h7-11,13H,12H2,1-6H3. The highest BCUT2D eigenvalue weighted by Crippen LogP contribution is 2.40. The van der Waals surface area contributed by atoms with E-state index in [9.17, 15) is 4.79 Å². The van der Waals surface area contributed by atoms with Crippen LogP contribution in [-0.2, 0) is 13.5 Å². The van der Waals surface area contributed by atoms with Crippen molar-refractivity contribution in [3.05, 3.63) is 52.6 Å². The highest BCUT2D eigenvalue weighted by molar-refractivity contribution is 5.95. The van der Waals surface area contributed by atoms with Gasteiger partial charge in [-0.2, -0.15) is 0 Å². The van der Waals surface area contributed by atoms with Gasteiger partial charge in [-0.3, -0.25) is 9.78 Å². The Kier molecular flexibility index (Phi) is 4.96. The molecule has 0 saturated carbocycles. The van der Waals surface area contributed by atoms with Gasteiger partial charge in [-0.05, 0) is 35.6 Å². The predicted molar refractivity (Wildman–Crippen MR) is 109 cm³/mol. The summed E-state index contributed by atoms with van der Waals surface area (Å²) in [6.45, 7) is 6.58. The van der Waals surface area contributed by atoms with Crippen LogP contribution in [0.5, 0.6) is 11.5 Å². The summed E-state index contributed by atoms with van der Waals surface area (Å²) < 4.78 is 12.9. The van der Waals surface area contributed by atoms with Crippen molar-refractivity contribution in [3.63, 3.8) is 0 Å². The molecule has 3 rings (SSSR count). The van der Waals surface area contributed by atoms with Crippen molar-refractivity contribution >= 4 is 10.9 Å². The second-order valence-corrected chi connectivity index (χ2v) is 7.96. The van der Waals surface area contributed by atoms with Crippen LogP contribution in [0.3, 0.4) is 0 Å². The van der Waals surface area contributed by atoms with E-state index in [1.807, 2.05) is 30.5 Å². The molecule has 0 aliphatic heterocycles. The molecule has 0 spiro atoms. The van der Waals surface area contributed by atoms with E-state index >= 15 is 0 Å². The maximum atomic E-state index is 12.4. The molecule has 0 aliphatic rings. The molecule has 0 amide bonds. The molecule has 5 nitrogen and oxygen atoms in total. The van der Waals surface area contributed by atoms with Crippen molar-refractivity contribution in [1.29, 1.82) is 0 Å². The monoisotopic (exact) mass is 366 g/mol. The van der Waals surface area contributed by atoms with E-state index in [1.54, 1.807) is 32.0 Å². The Labute approximate surface area is 159 Å². The fourth-order valence-corrected chi connectivity index (χ4v) is 3.38. The van der Waals surface area contributed by atoms with Crippen molar-refractivity contribution in [2.24, 2.45) is 12.5 Å². The summed E-state index contributed by atoms with van der Waals surface area (Å²) in [4.78, 5) is 16.7. The lowest BCUT2D eigenvalue weighted by Crippen LogP contribution is -2.17. The largest absolute Gasteiger partial charge is 0.496 e. The molecule has 2 aromatic heterocycles. The van der Waals surface area contributed by atoms with Gasteiger partial charge in [0.1, 0.15) is 17.0 Å². The van der Waals surface area contributed by atoms with Gasteiger partial charge in [0.2, 0.25) is 0 Å². The van der Waals surface area contributed by atoms with E-state index in [0.29, 0.717) is 5.52 Å². The first-order chi connectivity index (χ1) is 12.7. The van der Waals surface area contributed by atoms with Gasteiger partial charge in [-0.15, -0.1) is 0 Å². The Bertz CT molecular complexity index is 1050. The molecule has 0 bridgehead atoms. The maximum Gasteiger partial charge on any atom is 0.276 e. The quantitative estimate of drug-likeness (QED) is 0.694. The molecule has 0 N–H and O–H groups in total. The number of pyridine rings is 2. The first-order valence-electron chi connectivity index (χ1n) is 8.95. The van der Waals surface area contributed by atoms with Crippen molar-refractivity contribution in [3.8, 4) is 22.6 Å². The number of nitrogens with zero attached hydrogens (tertiary/aromatic N) is 2. The Morgan fingerprint density at radius 2 is 1.78 bits per heavy atom. The van der Waals surface area contributed by atoms with Crippen molar-refractivity contribution in [1.82, 2.24) is 9.55 Å². The molecule has 0 saturated heterocycles. The third-order valence-corrected chi connectivity index (χ3v) is 4.56. The fourth-order valence-electron chi connectivity index (χ4n) is 3.38. The summed E-state index contributed by atoms with van der Waals surface area (Å²) >= 11 is 0. The molecule has 3 aromatic rings. The maximum absolute atomic E-state index is 12.4. The summed E-state index contributed by atoms with van der Waals surface area (Å²) in [6.07, 6.45) is 4.33. The van der Waals surface area contributed by atoms with Crippen molar-refractivity contribution in [2.45, 2.75) is 27.2 Å². The lowest BCUT2D eigenvalue weighted by atomic mass is 9.86. The van der Waals surface area contributed by atoms with E-state index in [2.05, 4.69) is 25.8 Å². The molecule has 0 fully saturated rings. The fraction of sp³-hybridized carbons (Fsp3) is 0.364. The second-order valence-electron chi connectivity index (χ2n) is 7.96. The Balaban J connectivity index is 2.31. The Morgan fingerprint density at radius 1 is 1.07 bits per heavy atom. The van der Waals surface area contributed by atoms with Gasteiger partial charge >= 0.3 is 0 Å². The summed E-state index contributed by atoms with van der Waals surface area (Å²) in [5, 5.41) is 0.796.